The summed E-state index contributed by atoms with van der Waals surface area (Å²) in [5.74, 6) is -2.12. The molecule has 3 amide bonds. The van der Waals surface area contributed by atoms with E-state index in [0.717, 1.165) is 5.56 Å². The van der Waals surface area contributed by atoms with Crippen LogP contribution >= 0.6 is 23.2 Å². The van der Waals surface area contributed by atoms with Gasteiger partial charge in [-0.3, -0.25) is 19.8 Å². The van der Waals surface area contributed by atoms with E-state index in [-0.39, 0.29) is 16.4 Å². The number of methoxy groups -OCH3 is 1. The van der Waals surface area contributed by atoms with E-state index in [2.05, 4.69) is 16.1 Å². The van der Waals surface area contributed by atoms with Crippen molar-refractivity contribution in [3.05, 3.63) is 88.0 Å². The molecule has 4 rings (SSSR count). The highest BCUT2D eigenvalue weighted by Crippen LogP contribution is 2.29. The van der Waals surface area contributed by atoms with Gasteiger partial charge in [0.15, 0.2) is 0 Å². The zero-order valence-corrected chi connectivity index (χ0v) is 20.2. The Kier molecular flexibility index (Phi) is 6.95. The summed E-state index contributed by atoms with van der Waals surface area (Å²) in [4.78, 5) is 38.6. The molecule has 0 bridgehead atoms. The second-order valence-electron chi connectivity index (χ2n) is 7.56. The topological polar surface area (TPSA) is 101 Å². The predicted molar refractivity (Wildman–Crippen MR) is 137 cm³/mol. The summed E-state index contributed by atoms with van der Waals surface area (Å²) in [5.41, 5.74) is 4.57. The number of carbonyl (C=O) groups excluding carboxylic acids is 3. The molecule has 8 nitrogen and oxygen atoms in total. The third-order valence-corrected chi connectivity index (χ3v) is 5.95. The number of hydrogen-bond donors (Lipinski definition) is 3. The number of anilines is 2. The van der Waals surface area contributed by atoms with Gasteiger partial charge in [0, 0.05) is 16.1 Å². The number of amides is 3. The van der Waals surface area contributed by atoms with Crippen molar-refractivity contribution in [2.45, 2.75) is 6.92 Å². The molecule has 0 aliphatic carbocycles. The second-order valence-corrected chi connectivity index (χ2v) is 8.37. The second kappa shape index (κ2) is 10.1. The van der Waals surface area contributed by atoms with Crippen molar-refractivity contribution in [2.75, 3.05) is 23.2 Å². The first-order valence-corrected chi connectivity index (χ1v) is 11.2. The Bertz CT molecular complexity index is 1470. The molecule has 1 heterocycles. The van der Waals surface area contributed by atoms with Gasteiger partial charge in [-0.2, -0.15) is 0 Å². The molecule has 0 aliphatic heterocycles. The SMILES string of the molecule is COc1cccc2cc(C(=O)Nc3ccc(C)c(Cl)c3)n(NC(=O)C(=O)Nc3ccccc3Cl)c12. The lowest BCUT2D eigenvalue weighted by atomic mass is 10.2. The van der Waals surface area contributed by atoms with E-state index >= 15 is 0 Å². The van der Waals surface area contributed by atoms with Crippen molar-refractivity contribution in [3.63, 3.8) is 0 Å². The normalized spacial score (nSPS) is 10.6. The molecule has 0 spiro atoms. The summed E-state index contributed by atoms with van der Waals surface area (Å²) in [6, 6.07) is 18.4. The minimum absolute atomic E-state index is 0.0695. The number of para-hydroxylation sites is 2. The molecule has 0 aliphatic rings. The first-order valence-electron chi connectivity index (χ1n) is 10.4. The molecular formula is C25H20Cl2N4O4. The number of nitrogens with one attached hydrogen (secondary N) is 3. The van der Waals surface area contributed by atoms with Crippen LogP contribution in [0.4, 0.5) is 11.4 Å². The summed E-state index contributed by atoms with van der Waals surface area (Å²) >= 11 is 12.2. The molecule has 0 saturated heterocycles. The zero-order valence-electron chi connectivity index (χ0n) is 18.7. The Labute approximate surface area is 210 Å². The highest BCUT2D eigenvalue weighted by Gasteiger charge is 2.23. The average Bonchev–Trinajstić information content (AvgIpc) is 3.21. The van der Waals surface area contributed by atoms with Crippen molar-refractivity contribution >= 4 is 63.2 Å². The van der Waals surface area contributed by atoms with Crippen LogP contribution in [0.15, 0.2) is 66.7 Å². The first kappa shape index (κ1) is 24.1. The molecule has 0 fully saturated rings. The summed E-state index contributed by atoms with van der Waals surface area (Å²) < 4.78 is 6.64. The van der Waals surface area contributed by atoms with Crippen molar-refractivity contribution < 1.29 is 19.1 Å². The van der Waals surface area contributed by atoms with Gasteiger partial charge in [-0.05, 0) is 48.9 Å². The number of aryl methyl sites for hydroxylation is 1. The maximum Gasteiger partial charge on any atom is 0.328 e. The van der Waals surface area contributed by atoms with Gasteiger partial charge in [0.05, 0.1) is 17.8 Å². The van der Waals surface area contributed by atoms with Gasteiger partial charge in [0.1, 0.15) is 17.0 Å². The van der Waals surface area contributed by atoms with E-state index in [1.165, 1.54) is 11.8 Å². The number of benzene rings is 3. The molecule has 0 saturated carbocycles. The average molecular weight is 511 g/mol. The fraction of sp³-hybridized carbons (Fsp3) is 0.0800. The third kappa shape index (κ3) is 5.08. The summed E-state index contributed by atoms with van der Waals surface area (Å²) in [5, 5.41) is 6.60. The van der Waals surface area contributed by atoms with Crippen LogP contribution in [-0.4, -0.2) is 29.5 Å². The van der Waals surface area contributed by atoms with E-state index in [1.807, 2.05) is 6.92 Å². The fourth-order valence-corrected chi connectivity index (χ4v) is 3.80. The lowest BCUT2D eigenvalue weighted by Gasteiger charge is -2.14. The van der Waals surface area contributed by atoms with Crippen molar-refractivity contribution in [1.82, 2.24) is 4.68 Å². The standard InChI is InChI=1S/C25H20Cl2N4O4/c1-14-10-11-16(13-18(14)27)28-23(32)20-12-15-6-5-9-21(35-2)22(15)31(20)30-25(34)24(33)29-19-8-4-3-7-17(19)26/h3-13H,1-2H3,(H,28,32)(H,29,33)(H,30,34). The molecule has 3 N–H and O–H groups in total. The van der Waals surface area contributed by atoms with Gasteiger partial charge in [-0.1, -0.05) is 53.5 Å². The number of ether oxygens (including phenoxy) is 1. The van der Waals surface area contributed by atoms with Gasteiger partial charge >= 0.3 is 11.8 Å². The van der Waals surface area contributed by atoms with E-state index < -0.39 is 17.7 Å². The number of halogens is 2. The quantitative estimate of drug-likeness (QED) is 0.320. The summed E-state index contributed by atoms with van der Waals surface area (Å²) in [7, 11) is 1.46. The molecule has 0 atom stereocenters. The van der Waals surface area contributed by atoms with Gasteiger partial charge in [-0.25, -0.2) is 4.68 Å². The zero-order chi connectivity index (χ0) is 25.1. The van der Waals surface area contributed by atoms with E-state index in [4.69, 9.17) is 27.9 Å². The van der Waals surface area contributed by atoms with Gasteiger partial charge in [-0.15, -0.1) is 0 Å². The van der Waals surface area contributed by atoms with Crippen LogP contribution in [-0.2, 0) is 9.59 Å². The largest absolute Gasteiger partial charge is 0.494 e. The maximum absolute atomic E-state index is 13.2. The molecule has 4 aromatic rings. The van der Waals surface area contributed by atoms with Crippen LogP contribution in [0.5, 0.6) is 5.75 Å². The summed E-state index contributed by atoms with van der Waals surface area (Å²) in [6.45, 7) is 1.85. The van der Waals surface area contributed by atoms with E-state index in [1.54, 1.807) is 66.7 Å². The minimum Gasteiger partial charge on any atom is -0.494 e. The Balaban J connectivity index is 1.68. The molecular weight excluding hydrogens is 491 g/mol. The highest BCUT2D eigenvalue weighted by molar-refractivity contribution is 6.44. The van der Waals surface area contributed by atoms with Crippen LogP contribution in [0.3, 0.4) is 0 Å². The Morgan fingerprint density at radius 2 is 1.63 bits per heavy atom. The summed E-state index contributed by atoms with van der Waals surface area (Å²) in [6.07, 6.45) is 0. The van der Waals surface area contributed by atoms with E-state index in [0.29, 0.717) is 27.4 Å². The molecule has 1 aromatic heterocycles. The number of hydrogen-bond acceptors (Lipinski definition) is 4. The third-order valence-electron chi connectivity index (χ3n) is 5.21. The Morgan fingerprint density at radius 1 is 0.857 bits per heavy atom. The fourth-order valence-electron chi connectivity index (χ4n) is 3.44. The Hall–Kier alpha value is -4.01. The van der Waals surface area contributed by atoms with Crippen LogP contribution in [0.1, 0.15) is 16.1 Å². The van der Waals surface area contributed by atoms with Crippen LogP contribution in [0.2, 0.25) is 10.0 Å². The van der Waals surface area contributed by atoms with Crippen molar-refractivity contribution in [3.8, 4) is 5.75 Å². The smallest absolute Gasteiger partial charge is 0.328 e. The number of nitrogens with zero attached hydrogens (tertiary/aromatic N) is 1. The maximum atomic E-state index is 13.2. The number of aromatic nitrogens is 1. The lowest BCUT2D eigenvalue weighted by molar-refractivity contribution is -0.133. The molecule has 35 heavy (non-hydrogen) atoms. The lowest BCUT2D eigenvalue weighted by Crippen LogP contribution is -2.36. The molecule has 10 heteroatoms. The number of fused-ring (bicyclic) bond motifs is 1. The van der Waals surface area contributed by atoms with Gasteiger partial charge in [0.2, 0.25) is 0 Å². The minimum atomic E-state index is -1.01. The molecule has 3 aromatic carbocycles. The molecule has 0 radical (unpaired) electrons. The van der Waals surface area contributed by atoms with E-state index in [9.17, 15) is 14.4 Å². The molecule has 178 valence electrons. The van der Waals surface area contributed by atoms with Crippen molar-refractivity contribution in [1.29, 1.82) is 0 Å². The number of carbonyl (C=O) groups is 3. The molecule has 0 unspecified atom stereocenters. The number of rotatable bonds is 5. The van der Waals surface area contributed by atoms with Crippen molar-refractivity contribution in [2.24, 2.45) is 0 Å². The van der Waals surface area contributed by atoms with Crippen LogP contribution in [0, 0.1) is 6.92 Å². The highest BCUT2D eigenvalue weighted by atomic mass is 35.5. The first-order chi connectivity index (χ1) is 16.8. The van der Waals surface area contributed by atoms with Gasteiger partial charge in [0.25, 0.3) is 5.91 Å². The monoisotopic (exact) mass is 510 g/mol. The van der Waals surface area contributed by atoms with Crippen LogP contribution in [0.25, 0.3) is 10.9 Å². The predicted octanol–water partition coefficient (Wildman–Crippen LogP) is 5.23. The van der Waals surface area contributed by atoms with Crippen LogP contribution < -0.4 is 20.8 Å². The van der Waals surface area contributed by atoms with Gasteiger partial charge < -0.3 is 15.4 Å². The Morgan fingerprint density at radius 3 is 2.34 bits per heavy atom.